The van der Waals surface area contributed by atoms with Gasteiger partial charge < -0.3 is 4.74 Å². The number of nitriles is 1. The Morgan fingerprint density at radius 1 is 1.12 bits per heavy atom. The van der Waals surface area contributed by atoms with Crippen molar-refractivity contribution in [1.29, 1.82) is 5.26 Å². The summed E-state index contributed by atoms with van der Waals surface area (Å²) in [6.07, 6.45) is 0. The number of hydrogen-bond donors (Lipinski definition) is 0. The average molecular weight is 347 g/mol. The highest BCUT2D eigenvalue weighted by Crippen LogP contribution is 2.30. The van der Waals surface area contributed by atoms with E-state index < -0.39 is 0 Å². The van der Waals surface area contributed by atoms with E-state index in [1.165, 1.54) is 11.8 Å². The van der Waals surface area contributed by atoms with E-state index >= 15 is 0 Å². The van der Waals surface area contributed by atoms with Gasteiger partial charge in [-0.2, -0.15) is 5.26 Å². The zero-order chi connectivity index (χ0) is 17.2. The van der Waals surface area contributed by atoms with Crippen LogP contribution >= 0.6 is 11.8 Å². The summed E-state index contributed by atoms with van der Waals surface area (Å²) in [4.78, 5) is 17.1. The van der Waals surface area contributed by atoms with Crippen LogP contribution in [0.15, 0.2) is 64.5 Å². The van der Waals surface area contributed by atoms with Crippen LogP contribution in [0.3, 0.4) is 0 Å². The molecule has 1 aliphatic heterocycles. The number of benzene rings is 2. The molecule has 2 aromatic carbocycles. The minimum Gasteiger partial charge on any atom is -0.457 e. The van der Waals surface area contributed by atoms with Gasteiger partial charge in [-0.3, -0.25) is 9.36 Å². The maximum absolute atomic E-state index is 12.5. The molecule has 0 aliphatic carbocycles. The summed E-state index contributed by atoms with van der Waals surface area (Å²) in [6.45, 7) is 0.595. The highest BCUT2D eigenvalue weighted by molar-refractivity contribution is 7.99. The summed E-state index contributed by atoms with van der Waals surface area (Å²) in [5.74, 6) is 2.15. The fraction of sp³-hybridized carbons (Fsp3) is 0.105. The van der Waals surface area contributed by atoms with Crippen LogP contribution in [0.25, 0.3) is 11.3 Å². The van der Waals surface area contributed by atoms with Crippen molar-refractivity contribution < 1.29 is 4.74 Å². The number of hydrogen-bond acceptors (Lipinski definition) is 5. The summed E-state index contributed by atoms with van der Waals surface area (Å²) in [7, 11) is 0. The first kappa shape index (κ1) is 15.5. The number of nitrogens with zero attached hydrogens (tertiary/aromatic N) is 3. The third kappa shape index (κ3) is 2.90. The first-order chi connectivity index (χ1) is 12.3. The zero-order valence-corrected chi connectivity index (χ0v) is 14.0. The molecule has 5 nitrogen and oxygen atoms in total. The third-order valence-corrected chi connectivity index (χ3v) is 4.83. The van der Waals surface area contributed by atoms with E-state index in [4.69, 9.17) is 4.74 Å². The van der Waals surface area contributed by atoms with Crippen LogP contribution in [0.2, 0.25) is 0 Å². The quantitative estimate of drug-likeness (QED) is 0.676. The molecule has 2 heterocycles. The predicted molar refractivity (Wildman–Crippen MR) is 95.9 cm³/mol. The molecule has 25 heavy (non-hydrogen) atoms. The van der Waals surface area contributed by atoms with Crippen molar-refractivity contribution >= 4 is 11.8 Å². The molecule has 1 aliphatic rings. The van der Waals surface area contributed by atoms with Gasteiger partial charge in [-0.25, -0.2) is 4.98 Å². The maximum Gasteiger partial charge on any atom is 0.272 e. The van der Waals surface area contributed by atoms with Crippen LogP contribution in [0.4, 0.5) is 0 Å². The van der Waals surface area contributed by atoms with E-state index in [9.17, 15) is 10.1 Å². The van der Waals surface area contributed by atoms with Crippen LogP contribution < -0.4 is 10.3 Å². The second-order valence-electron chi connectivity index (χ2n) is 5.48. The maximum atomic E-state index is 12.5. The molecule has 0 radical (unpaired) electrons. The monoisotopic (exact) mass is 347 g/mol. The van der Waals surface area contributed by atoms with Crippen LogP contribution in [0, 0.1) is 11.3 Å². The molecule has 0 amide bonds. The largest absolute Gasteiger partial charge is 0.457 e. The average Bonchev–Trinajstić information content (AvgIpc) is 3.12. The first-order valence-electron chi connectivity index (χ1n) is 7.77. The van der Waals surface area contributed by atoms with Gasteiger partial charge in [-0.15, -0.1) is 0 Å². The van der Waals surface area contributed by atoms with Gasteiger partial charge in [0.2, 0.25) is 0 Å². The molecule has 0 N–H and O–H groups in total. The van der Waals surface area contributed by atoms with Crippen LogP contribution in [-0.2, 0) is 6.54 Å². The molecule has 0 fully saturated rings. The lowest BCUT2D eigenvalue weighted by Crippen LogP contribution is -2.24. The molecule has 0 spiro atoms. The number of aromatic nitrogens is 2. The second kappa shape index (κ2) is 6.46. The minimum atomic E-state index is -0.276. The Labute approximate surface area is 148 Å². The van der Waals surface area contributed by atoms with Crippen LogP contribution in [0.1, 0.15) is 5.56 Å². The van der Waals surface area contributed by atoms with Crippen molar-refractivity contribution in [3.63, 3.8) is 0 Å². The van der Waals surface area contributed by atoms with Crippen molar-refractivity contribution in [1.82, 2.24) is 9.55 Å². The van der Waals surface area contributed by atoms with Crippen molar-refractivity contribution in [3.05, 3.63) is 70.5 Å². The fourth-order valence-corrected chi connectivity index (χ4v) is 3.65. The van der Waals surface area contributed by atoms with Crippen LogP contribution in [-0.4, -0.2) is 15.3 Å². The number of thioether (sulfide) groups is 1. The number of ether oxygens (including phenoxy) is 1. The molecular weight excluding hydrogens is 334 g/mol. The van der Waals surface area contributed by atoms with Gasteiger partial charge in [-0.1, -0.05) is 42.1 Å². The molecule has 0 bridgehead atoms. The van der Waals surface area contributed by atoms with E-state index in [1.807, 2.05) is 54.6 Å². The van der Waals surface area contributed by atoms with E-state index in [2.05, 4.69) is 4.98 Å². The Hall–Kier alpha value is -3.04. The standard InChI is InChI=1S/C19H13N3O2S/c20-12-16-17(21-19-22(18(16)23)9-10-25-19)13-5-4-8-15(11-13)24-14-6-2-1-3-7-14/h1-8,11H,9-10H2. The number of fused-ring (bicyclic) bond motifs is 1. The second-order valence-corrected chi connectivity index (χ2v) is 6.54. The van der Waals surface area contributed by atoms with Gasteiger partial charge in [0.1, 0.15) is 23.1 Å². The van der Waals surface area contributed by atoms with Crippen LogP contribution in [0.5, 0.6) is 11.5 Å². The normalized spacial score (nSPS) is 12.4. The summed E-state index contributed by atoms with van der Waals surface area (Å²) in [5.41, 5.74) is 0.898. The molecule has 122 valence electrons. The third-order valence-electron chi connectivity index (χ3n) is 3.88. The smallest absolute Gasteiger partial charge is 0.272 e. The lowest BCUT2D eigenvalue weighted by Gasteiger charge is -2.10. The predicted octanol–water partition coefficient (Wildman–Crippen LogP) is 3.68. The summed E-state index contributed by atoms with van der Waals surface area (Å²) in [6, 6.07) is 18.7. The molecule has 3 aromatic rings. The Morgan fingerprint density at radius 2 is 1.92 bits per heavy atom. The fourth-order valence-electron chi connectivity index (χ4n) is 2.71. The Balaban J connectivity index is 1.78. The van der Waals surface area contributed by atoms with Gasteiger partial charge in [-0.05, 0) is 24.3 Å². The lowest BCUT2D eigenvalue weighted by molar-refractivity contribution is 0.483. The van der Waals surface area contributed by atoms with E-state index in [-0.39, 0.29) is 11.1 Å². The minimum absolute atomic E-state index is 0.0723. The Bertz CT molecular complexity index is 1040. The van der Waals surface area contributed by atoms with Crippen molar-refractivity contribution in [3.8, 4) is 28.8 Å². The summed E-state index contributed by atoms with van der Waals surface area (Å²) >= 11 is 1.53. The molecule has 0 atom stereocenters. The Kier molecular flexibility index (Phi) is 4.00. The van der Waals surface area contributed by atoms with Gasteiger partial charge >= 0.3 is 0 Å². The van der Waals surface area contributed by atoms with Crippen molar-refractivity contribution in [2.45, 2.75) is 11.7 Å². The molecule has 0 unspecified atom stereocenters. The van der Waals surface area contributed by atoms with Gasteiger partial charge in [0.25, 0.3) is 5.56 Å². The van der Waals surface area contributed by atoms with Crippen molar-refractivity contribution in [2.75, 3.05) is 5.75 Å². The molecule has 1 aromatic heterocycles. The van der Waals surface area contributed by atoms with Crippen molar-refractivity contribution in [2.24, 2.45) is 0 Å². The van der Waals surface area contributed by atoms with E-state index in [1.54, 1.807) is 10.6 Å². The summed E-state index contributed by atoms with van der Waals surface area (Å²) in [5, 5.41) is 10.1. The topological polar surface area (TPSA) is 67.9 Å². The van der Waals surface area contributed by atoms with E-state index in [0.29, 0.717) is 28.7 Å². The van der Waals surface area contributed by atoms with Gasteiger partial charge in [0, 0.05) is 17.9 Å². The molecular formula is C19H13N3O2S. The molecule has 0 saturated heterocycles. The SMILES string of the molecule is N#Cc1c(-c2cccc(Oc3ccccc3)c2)nc2n(c1=O)CCS2. The van der Waals surface area contributed by atoms with E-state index in [0.717, 1.165) is 11.5 Å². The number of rotatable bonds is 3. The Morgan fingerprint density at radius 3 is 2.72 bits per heavy atom. The highest BCUT2D eigenvalue weighted by atomic mass is 32.2. The zero-order valence-electron chi connectivity index (χ0n) is 13.2. The lowest BCUT2D eigenvalue weighted by atomic mass is 10.1. The number of para-hydroxylation sites is 1. The summed E-state index contributed by atoms with van der Waals surface area (Å²) < 4.78 is 7.40. The molecule has 4 rings (SSSR count). The molecule has 0 saturated carbocycles. The first-order valence-corrected chi connectivity index (χ1v) is 8.76. The molecule has 6 heteroatoms. The highest BCUT2D eigenvalue weighted by Gasteiger charge is 2.21. The van der Waals surface area contributed by atoms with Gasteiger partial charge in [0.15, 0.2) is 5.16 Å². The van der Waals surface area contributed by atoms with Gasteiger partial charge in [0.05, 0.1) is 5.69 Å².